The molecule has 0 saturated heterocycles. The summed E-state index contributed by atoms with van der Waals surface area (Å²) in [5.41, 5.74) is 0.389. The summed E-state index contributed by atoms with van der Waals surface area (Å²) in [5.74, 6) is -0.789. The molecule has 1 aliphatic heterocycles. The first kappa shape index (κ1) is 18.4. The molecule has 3 rings (SSSR count). The molecule has 0 spiro atoms. The molecule has 2 amide bonds. The summed E-state index contributed by atoms with van der Waals surface area (Å²) in [6, 6.07) is 5.85. The molecule has 2 heterocycles. The van der Waals surface area contributed by atoms with Gasteiger partial charge in [-0.05, 0) is 54.6 Å². The number of carbonyl (C=O) groups excluding carboxylic acids is 2. The van der Waals surface area contributed by atoms with Crippen molar-refractivity contribution in [2.45, 2.75) is 25.6 Å². The van der Waals surface area contributed by atoms with E-state index in [2.05, 4.69) is 5.32 Å². The van der Waals surface area contributed by atoms with Crippen molar-refractivity contribution in [3.63, 3.8) is 0 Å². The van der Waals surface area contributed by atoms with Crippen LogP contribution in [-0.2, 0) is 17.4 Å². The fourth-order valence-corrected chi connectivity index (χ4v) is 3.98. The highest BCUT2D eigenvalue weighted by Crippen LogP contribution is 2.32. The molecule has 1 aliphatic rings. The predicted octanol–water partition coefficient (Wildman–Crippen LogP) is 3.64. The molecule has 4 nitrogen and oxygen atoms in total. The Morgan fingerprint density at radius 3 is 2.58 bits per heavy atom. The van der Waals surface area contributed by atoms with E-state index in [1.165, 1.54) is 4.88 Å². The molecule has 138 valence electrons. The summed E-state index contributed by atoms with van der Waals surface area (Å²) < 4.78 is 37.6. The third kappa shape index (κ3) is 3.75. The van der Waals surface area contributed by atoms with Gasteiger partial charge in [0.15, 0.2) is 0 Å². The Kier molecular flexibility index (Phi) is 5.04. The van der Waals surface area contributed by atoms with Crippen molar-refractivity contribution in [1.82, 2.24) is 10.2 Å². The van der Waals surface area contributed by atoms with Gasteiger partial charge in [-0.15, -0.1) is 11.3 Å². The van der Waals surface area contributed by atoms with E-state index < -0.39 is 17.6 Å². The van der Waals surface area contributed by atoms with Crippen LogP contribution in [-0.4, -0.2) is 29.8 Å². The average Bonchev–Trinajstić information content (AvgIpc) is 3.08. The molecule has 0 bridgehead atoms. The minimum atomic E-state index is -4.45. The Labute approximate surface area is 152 Å². The van der Waals surface area contributed by atoms with Gasteiger partial charge in [-0.3, -0.25) is 9.59 Å². The maximum absolute atomic E-state index is 12.5. The number of amides is 2. The van der Waals surface area contributed by atoms with Crippen LogP contribution >= 0.6 is 11.3 Å². The SMILES string of the molecule is CC1c2ccsc2CCN1C(=O)CNC(=O)c1ccc(C(F)(F)F)cc1. The van der Waals surface area contributed by atoms with Crippen molar-refractivity contribution in [3.8, 4) is 0 Å². The van der Waals surface area contributed by atoms with Gasteiger partial charge < -0.3 is 10.2 Å². The van der Waals surface area contributed by atoms with Gasteiger partial charge in [0, 0.05) is 17.0 Å². The number of nitrogens with zero attached hydrogens (tertiary/aromatic N) is 1. The van der Waals surface area contributed by atoms with Gasteiger partial charge in [-0.25, -0.2) is 0 Å². The van der Waals surface area contributed by atoms with Gasteiger partial charge in [0.05, 0.1) is 18.2 Å². The molecule has 1 aromatic heterocycles. The first-order valence-electron chi connectivity index (χ1n) is 8.08. The van der Waals surface area contributed by atoms with Gasteiger partial charge in [-0.2, -0.15) is 13.2 Å². The first-order valence-corrected chi connectivity index (χ1v) is 8.96. The summed E-state index contributed by atoms with van der Waals surface area (Å²) in [6.45, 7) is 2.34. The molecule has 1 aromatic carbocycles. The number of fused-ring (bicyclic) bond motifs is 1. The van der Waals surface area contributed by atoms with E-state index in [0.717, 1.165) is 36.2 Å². The number of carbonyl (C=O) groups is 2. The topological polar surface area (TPSA) is 49.4 Å². The average molecular weight is 382 g/mol. The second-order valence-electron chi connectivity index (χ2n) is 6.07. The number of benzene rings is 1. The van der Waals surface area contributed by atoms with E-state index in [9.17, 15) is 22.8 Å². The maximum atomic E-state index is 12.5. The van der Waals surface area contributed by atoms with Crippen molar-refractivity contribution in [2.75, 3.05) is 13.1 Å². The molecule has 0 radical (unpaired) electrons. The molecule has 1 N–H and O–H groups in total. The zero-order valence-electron chi connectivity index (χ0n) is 14.0. The number of alkyl halides is 3. The fourth-order valence-electron chi connectivity index (χ4n) is 3.02. The number of hydrogen-bond donors (Lipinski definition) is 1. The highest BCUT2D eigenvalue weighted by Gasteiger charge is 2.30. The third-order valence-corrected chi connectivity index (χ3v) is 5.47. The van der Waals surface area contributed by atoms with Crippen molar-refractivity contribution in [3.05, 3.63) is 57.3 Å². The number of nitrogens with one attached hydrogen (secondary N) is 1. The number of halogens is 3. The van der Waals surface area contributed by atoms with Gasteiger partial charge >= 0.3 is 6.18 Å². The summed E-state index contributed by atoms with van der Waals surface area (Å²) in [6.07, 6.45) is -3.66. The summed E-state index contributed by atoms with van der Waals surface area (Å²) in [7, 11) is 0. The lowest BCUT2D eigenvalue weighted by Gasteiger charge is -2.33. The quantitative estimate of drug-likeness (QED) is 0.881. The minimum absolute atomic E-state index is 0.0551. The number of hydrogen-bond acceptors (Lipinski definition) is 3. The van der Waals surface area contributed by atoms with E-state index in [1.54, 1.807) is 16.2 Å². The molecule has 2 aromatic rings. The Morgan fingerprint density at radius 1 is 1.23 bits per heavy atom. The minimum Gasteiger partial charge on any atom is -0.343 e. The van der Waals surface area contributed by atoms with E-state index in [-0.39, 0.29) is 24.1 Å². The Balaban J connectivity index is 1.59. The third-order valence-electron chi connectivity index (χ3n) is 4.47. The van der Waals surface area contributed by atoms with Crippen molar-refractivity contribution >= 4 is 23.2 Å². The largest absolute Gasteiger partial charge is 0.416 e. The molecule has 0 aliphatic carbocycles. The fraction of sp³-hybridized carbons (Fsp3) is 0.333. The lowest BCUT2D eigenvalue weighted by Crippen LogP contribution is -2.44. The molecule has 1 atom stereocenters. The van der Waals surface area contributed by atoms with Crippen LogP contribution in [0.25, 0.3) is 0 Å². The van der Waals surface area contributed by atoms with Crippen LogP contribution in [0.3, 0.4) is 0 Å². The number of rotatable bonds is 3. The molecule has 1 unspecified atom stereocenters. The molecule has 26 heavy (non-hydrogen) atoms. The summed E-state index contributed by atoms with van der Waals surface area (Å²) >= 11 is 1.67. The van der Waals surface area contributed by atoms with E-state index in [4.69, 9.17) is 0 Å². The smallest absolute Gasteiger partial charge is 0.343 e. The maximum Gasteiger partial charge on any atom is 0.416 e. The molecule has 8 heteroatoms. The lowest BCUT2D eigenvalue weighted by atomic mass is 10.0. The normalized spacial score (nSPS) is 16.9. The van der Waals surface area contributed by atoms with Crippen LogP contribution in [0, 0.1) is 0 Å². The van der Waals surface area contributed by atoms with Gasteiger partial charge in [0.1, 0.15) is 0 Å². The molecular weight excluding hydrogens is 365 g/mol. The van der Waals surface area contributed by atoms with Crippen molar-refractivity contribution in [2.24, 2.45) is 0 Å². The van der Waals surface area contributed by atoms with Gasteiger partial charge in [0.25, 0.3) is 5.91 Å². The van der Waals surface area contributed by atoms with Gasteiger partial charge in [-0.1, -0.05) is 0 Å². The van der Waals surface area contributed by atoms with Crippen molar-refractivity contribution in [1.29, 1.82) is 0 Å². The highest BCUT2D eigenvalue weighted by molar-refractivity contribution is 7.10. The summed E-state index contributed by atoms with van der Waals surface area (Å²) in [5, 5.41) is 4.49. The standard InChI is InChI=1S/C18H17F3N2O2S/c1-11-14-7-9-26-15(14)6-8-23(11)16(24)10-22-17(25)12-2-4-13(5-3-12)18(19,20)21/h2-5,7,9,11H,6,8,10H2,1H3,(H,22,25). The Bertz CT molecular complexity index is 815. The number of thiophene rings is 1. The van der Waals surface area contributed by atoms with E-state index in [1.807, 2.05) is 18.4 Å². The van der Waals surface area contributed by atoms with E-state index >= 15 is 0 Å². The monoisotopic (exact) mass is 382 g/mol. The predicted molar refractivity (Wildman–Crippen MR) is 91.9 cm³/mol. The van der Waals surface area contributed by atoms with Crippen LogP contribution < -0.4 is 5.32 Å². The molecule has 0 fully saturated rings. The summed E-state index contributed by atoms with van der Waals surface area (Å²) in [4.78, 5) is 27.5. The van der Waals surface area contributed by atoms with Crippen LogP contribution in [0.15, 0.2) is 35.7 Å². The zero-order chi connectivity index (χ0) is 18.9. The zero-order valence-corrected chi connectivity index (χ0v) is 14.8. The van der Waals surface area contributed by atoms with Crippen LogP contribution in [0.2, 0.25) is 0 Å². The van der Waals surface area contributed by atoms with Crippen LogP contribution in [0.1, 0.15) is 39.3 Å². The Hall–Kier alpha value is -2.35. The van der Waals surface area contributed by atoms with Crippen molar-refractivity contribution < 1.29 is 22.8 Å². The molecular formula is C18H17F3N2O2S. The molecule has 0 saturated carbocycles. The lowest BCUT2D eigenvalue weighted by molar-refractivity contribution is -0.137. The van der Waals surface area contributed by atoms with Gasteiger partial charge in [0.2, 0.25) is 5.91 Å². The highest BCUT2D eigenvalue weighted by atomic mass is 32.1. The van der Waals surface area contributed by atoms with Crippen LogP contribution in [0.5, 0.6) is 0 Å². The van der Waals surface area contributed by atoms with E-state index in [0.29, 0.717) is 6.54 Å². The Morgan fingerprint density at radius 2 is 1.92 bits per heavy atom. The second kappa shape index (κ2) is 7.11. The van der Waals surface area contributed by atoms with Crippen LogP contribution in [0.4, 0.5) is 13.2 Å². The second-order valence-corrected chi connectivity index (χ2v) is 7.07. The first-order chi connectivity index (χ1) is 12.3.